The van der Waals surface area contributed by atoms with Crippen molar-refractivity contribution >= 4 is 66.7 Å². The minimum atomic E-state index is -4.59. The molecule has 0 saturated carbocycles. The van der Waals surface area contributed by atoms with Gasteiger partial charge in [-0.2, -0.15) is 19.4 Å². The Hall–Kier alpha value is -0.930. The summed E-state index contributed by atoms with van der Waals surface area (Å²) in [6.07, 6.45) is -2.43. The van der Waals surface area contributed by atoms with E-state index in [4.69, 9.17) is 0 Å². The molecule has 0 aliphatic rings. The number of carboxylic acids is 1. The molecule has 156 valence electrons. The Morgan fingerprint density at radius 2 is 1.15 bits per heavy atom. The molecule has 0 spiro atoms. The van der Waals surface area contributed by atoms with Crippen molar-refractivity contribution in [2.75, 3.05) is 0 Å². The van der Waals surface area contributed by atoms with Crippen LogP contribution >= 0.6 is 60.7 Å². The molecule has 0 saturated heterocycles. The largest absolute Gasteiger partial charge is 0.700 e. The Morgan fingerprint density at radius 1 is 0.815 bits per heavy atom. The number of carbonyl (C=O) groups is 1. The molecule has 0 bridgehead atoms. The van der Waals surface area contributed by atoms with Gasteiger partial charge in [-0.25, -0.2) is 0 Å². The van der Waals surface area contributed by atoms with E-state index in [1.807, 2.05) is 0 Å². The third-order valence-electron chi connectivity index (χ3n) is 3.06. The molecule has 11 nitrogen and oxygen atoms in total. The van der Waals surface area contributed by atoms with Gasteiger partial charge in [0.2, 0.25) is 3.41 Å². The lowest BCUT2D eigenvalue weighted by atomic mass is 9.96. The van der Waals surface area contributed by atoms with Crippen LogP contribution in [0.1, 0.15) is 6.42 Å². The molecule has 0 aliphatic heterocycles. The van der Waals surface area contributed by atoms with Gasteiger partial charge in [-0.05, 0) is 0 Å². The third-order valence-corrected chi connectivity index (χ3v) is 8.56. The van der Waals surface area contributed by atoms with Gasteiger partial charge in [0.15, 0.2) is 25.3 Å². The summed E-state index contributed by atoms with van der Waals surface area (Å²) in [6, 6.07) is 0. The number of rotatable bonds is 13. The Bertz CT molecular complexity index is 565. The van der Waals surface area contributed by atoms with Crippen LogP contribution in [0.2, 0.25) is 0 Å². The molecule has 0 amide bonds. The first-order valence-electron chi connectivity index (χ1n) is 5.56. The van der Waals surface area contributed by atoms with E-state index < -0.39 is 107 Å². The number of carboxylic acid groups (broad SMARTS) is 1. The number of carbonyl (C=O) groups excluding carboxylic acids is 1. The van der Waals surface area contributed by atoms with Crippen LogP contribution in [0, 0.1) is 36.3 Å². The van der Waals surface area contributed by atoms with Gasteiger partial charge in [-0.15, -0.1) is 0 Å². The van der Waals surface area contributed by atoms with E-state index in [0.29, 0.717) is 0 Å². The highest BCUT2D eigenvalue weighted by Crippen LogP contribution is 2.68. The number of nitro groups is 3. The van der Waals surface area contributed by atoms with E-state index in [0.717, 1.165) is 0 Å². The lowest BCUT2D eigenvalue weighted by Crippen LogP contribution is -2.60. The molecule has 1 unspecified atom stereocenters. The minimum Gasteiger partial charge on any atom is -0.550 e. The zero-order chi connectivity index (χ0) is 21.6. The van der Waals surface area contributed by atoms with Crippen molar-refractivity contribution in [2.45, 2.75) is 19.7 Å². The highest BCUT2D eigenvalue weighted by Gasteiger charge is 2.76. The summed E-state index contributed by atoms with van der Waals surface area (Å²) in [5, 5.41) is 44.0. The van der Waals surface area contributed by atoms with Gasteiger partial charge >= 0.3 is 5.79 Å². The van der Waals surface area contributed by atoms with Crippen molar-refractivity contribution in [1.29, 1.82) is 0 Å². The van der Waals surface area contributed by atoms with Crippen LogP contribution in [0.25, 0.3) is 0 Å². The number of hydrogen-bond donors (Lipinski definition) is 0. The lowest BCUT2D eigenvalue weighted by Gasteiger charge is -2.41. The number of aliphatic carboxylic acids is 1. The summed E-state index contributed by atoms with van der Waals surface area (Å²) < 4.78 is 58.8. The second-order valence-electron chi connectivity index (χ2n) is 4.23. The van der Waals surface area contributed by atoms with E-state index in [2.05, 4.69) is 0 Å². The van der Waals surface area contributed by atoms with Gasteiger partial charge in [-0.1, -0.05) is 0 Å². The molecule has 0 aromatic rings. The van der Waals surface area contributed by atoms with Crippen molar-refractivity contribution in [3.63, 3.8) is 0 Å². The molecule has 0 radical (unpaired) electrons. The maximum Gasteiger partial charge on any atom is 0.700 e. The summed E-state index contributed by atoms with van der Waals surface area (Å²) in [5.41, 5.74) is 0. The molecular formula is C6H3F5N3O8S5-. The average molecular weight is 500 g/mol. The van der Waals surface area contributed by atoms with Crippen LogP contribution in [0.4, 0.5) is 19.4 Å². The predicted octanol–water partition coefficient (Wildman–Crippen LogP) is 2.67. The summed E-state index contributed by atoms with van der Waals surface area (Å²) >= 11 is -7.57. The van der Waals surface area contributed by atoms with Gasteiger partial charge in [0, 0.05) is 5.97 Å². The van der Waals surface area contributed by atoms with Crippen LogP contribution in [0.5, 0.6) is 0 Å². The summed E-state index contributed by atoms with van der Waals surface area (Å²) in [6.45, 7) is 0. The summed E-state index contributed by atoms with van der Waals surface area (Å²) in [5.74, 6) is -10.7. The summed E-state index contributed by atoms with van der Waals surface area (Å²) in [4.78, 5) is 37.4. The Morgan fingerprint density at radius 3 is 1.33 bits per heavy atom. The van der Waals surface area contributed by atoms with Gasteiger partial charge in [-0.3, -0.25) is 30.3 Å². The topological polar surface area (TPSA) is 170 Å². The zero-order valence-corrected chi connectivity index (χ0v) is 15.9. The van der Waals surface area contributed by atoms with Crippen molar-refractivity contribution in [2.24, 2.45) is 5.92 Å². The van der Waals surface area contributed by atoms with E-state index >= 15 is 0 Å². The van der Waals surface area contributed by atoms with Crippen LogP contribution in [-0.4, -0.2) is 34.0 Å². The number of nitrogens with zero attached hydrogens (tertiary/aromatic N) is 3. The maximum atomic E-state index is 13.5. The van der Waals surface area contributed by atoms with Gasteiger partial charge in [0.1, 0.15) is 0 Å². The first-order chi connectivity index (χ1) is 12.4. The molecule has 21 heteroatoms. The van der Waals surface area contributed by atoms with E-state index in [1.165, 1.54) is 0 Å². The standard InChI is InChI=1S/C6H4F5N3O8S5/c7-23-5(24-8,6(25-9,26-10)27-11)2(3(15)16)1-4(12(17)18,13(19)20)14(21)22/h2H,1H2,(H,15,16)/p-1. The van der Waals surface area contributed by atoms with Crippen LogP contribution < -0.4 is 5.11 Å². The predicted molar refractivity (Wildman–Crippen MR) is 85.8 cm³/mol. The van der Waals surface area contributed by atoms with Crippen molar-refractivity contribution in [3.05, 3.63) is 30.3 Å². The maximum absolute atomic E-state index is 13.5. The second kappa shape index (κ2) is 10.0. The number of halogens is 5. The Kier molecular flexibility index (Phi) is 9.68. The summed E-state index contributed by atoms with van der Waals surface area (Å²) in [7, 11) is 0. The van der Waals surface area contributed by atoms with Gasteiger partial charge in [0.05, 0.1) is 66.7 Å². The van der Waals surface area contributed by atoms with Crippen LogP contribution in [-0.2, 0) is 4.79 Å². The zero-order valence-electron chi connectivity index (χ0n) is 11.8. The third kappa shape index (κ3) is 4.24. The van der Waals surface area contributed by atoms with E-state index in [-0.39, 0.29) is 0 Å². The van der Waals surface area contributed by atoms with Crippen molar-refractivity contribution < 1.29 is 44.1 Å². The highest BCUT2D eigenvalue weighted by atomic mass is 32.3. The lowest BCUT2D eigenvalue weighted by molar-refractivity contribution is -0.971. The molecular weight excluding hydrogens is 497 g/mol. The number of hydrogen-bond acceptors (Lipinski definition) is 13. The molecule has 0 rings (SSSR count). The molecule has 0 aromatic carbocycles. The van der Waals surface area contributed by atoms with Crippen molar-refractivity contribution in [3.8, 4) is 0 Å². The van der Waals surface area contributed by atoms with Gasteiger partial charge < -0.3 is 9.90 Å². The molecule has 0 aliphatic carbocycles. The van der Waals surface area contributed by atoms with Gasteiger partial charge in [0.25, 0.3) is 0 Å². The quantitative estimate of drug-likeness (QED) is 0.157. The fourth-order valence-electron chi connectivity index (χ4n) is 1.69. The molecule has 1 atom stereocenters. The second-order valence-corrected chi connectivity index (χ2v) is 9.16. The fraction of sp³-hybridized carbons (Fsp3) is 0.833. The van der Waals surface area contributed by atoms with Crippen LogP contribution in [0.3, 0.4) is 0 Å². The smallest absolute Gasteiger partial charge is 0.550 e. The Labute approximate surface area is 166 Å². The first kappa shape index (κ1) is 26.1. The van der Waals surface area contributed by atoms with E-state index in [1.54, 1.807) is 0 Å². The molecule has 0 heterocycles. The van der Waals surface area contributed by atoms with Crippen LogP contribution in [0.15, 0.2) is 0 Å². The van der Waals surface area contributed by atoms with E-state index in [9.17, 15) is 59.7 Å². The first-order valence-corrected chi connectivity index (χ1v) is 9.14. The normalized spacial score (nSPS) is 13.8. The average Bonchev–Trinajstić information content (AvgIpc) is 2.60. The Balaban J connectivity index is 6.81. The van der Waals surface area contributed by atoms with Crippen molar-refractivity contribution in [1.82, 2.24) is 0 Å². The minimum absolute atomic E-state index is 1.48. The molecule has 0 aromatic heterocycles. The molecule has 27 heavy (non-hydrogen) atoms. The molecule has 0 N–H and O–H groups in total. The monoisotopic (exact) mass is 500 g/mol. The fourth-order valence-corrected chi connectivity index (χ4v) is 4.72. The highest BCUT2D eigenvalue weighted by molar-refractivity contribution is 8.32. The SMILES string of the molecule is O=C([O-])C(CC([N+](=O)[O-])([N+](=O)[O-])[N+](=O)[O-])C(SF)(SF)C(SF)(SF)SF. The molecule has 0 fully saturated rings.